The van der Waals surface area contributed by atoms with Crippen molar-refractivity contribution in [2.45, 2.75) is 105 Å². The summed E-state index contributed by atoms with van der Waals surface area (Å²) in [6, 6.07) is 0. The maximum atomic E-state index is 12.7. The molecule has 0 N–H and O–H groups in total. The van der Waals surface area contributed by atoms with Crippen molar-refractivity contribution >= 4 is 11.9 Å². The molecule has 1 fully saturated rings. The summed E-state index contributed by atoms with van der Waals surface area (Å²) in [5, 5.41) is 0. The van der Waals surface area contributed by atoms with Crippen LogP contribution in [0.25, 0.3) is 0 Å². The number of ether oxygens (including phenoxy) is 2. The first-order chi connectivity index (χ1) is 13.6. The van der Waals surface area contributed by atoms with E-state index in [-0.39, 0.29) is 23.8 Å². The number of carbonyl (C=O) groups excluding carboxylic acids is 2. The van der Waals surface area contributed by atoms with Crippen LogP contribution in [0.4, 0.5) is 0 Å². The second-order valence-electron chi connectivity index (χ2n) is 8.59. The first-order valence-corrected chi connectivity index (χ1v) is 11.9. The Morgan fingerprint density at radius 3 is 1.46 bits per heavy atom. The van der Waals surface area contributed by atoms with Crippen LogP contribution in [0.15, 0.2) is 0 Å². The van der Waals surface area contributed by atoms with E-state index in [1.165, 1.54) is 12.8 Å². The number of rotatable bonds is 14. The summed E-state index contributed by atoms with van der Waals surface area (Å²) in [6.45, 7) is 9.64. The lowest BCUT2D eigenvalue weighted by atomic mass is 9.79. The fourth-order valence-electron chi connectivity index (χ4n) is 4.11. The third-order valence-electron chi connectivity index (χ3n) is 6.38. The van der Waals surface area contributed by atoms with Gasteiger partial charge in [0.25, 0.3) is 0 Å². The van der Waals surface area contributed by atoms with E-state index in [1.807, 2.05) is 0 Å². The molecule has 4 nitrogen and oxygen atoms in total. The molecule has 0 radical (unpaired) electrons. The van der Waals surface area contributed by atoms with Crippen molar-refractivity contribution in [1.29, 1.82) is 0 Å². The second-order valence-corrected chi connectivity index (χ2v) is 8.59. The number of hydrogen-bond acceptors (Lipinski definition) is 4. The zero-order valence-electron chi connectivity index (χ0n) is 18.8. The third kappa shape index (κ3) is 8.96. The van der Waals surface area contributed by atoms with E-state index in [2.05, 4.69) is 27.7 Å². The topological polar surface area (TPSA) is 52.6 Å². The molecule has 0 spiro atoms. The van der Waals surface area contributed by atoms with Crippen LogP contribution in [-0.2, 0) is 19.1 Å². The molecule has 4 atom stereocenters. The molecule has 0 aromatic rings. The van der Waals surface area contributed by atoms with Crippen molar-refractivity contribution in [1.82, 2.24) is 0 Å². The zero-order chi connectivity index (χ0) is 20.8. The molecule has 0 amide bonds. The van der Waals surface area contributed by atoms with E-state index in [4.69, 9.17) is 9.47 Å². The van der Waals surface area contributed by atoms with E-state index in [0.29, 0.717) is 25.0 Å². The number of hydrogen-bond donors (Lipinski definition) is 0. The molecule has 0 saturated heterocycles. The van der Waals surface area contributed by atoms with Crippen LogP contribution >= 0.6 is 0 Å². The summed E-state index contributed by atoms with van der Waals surface area (Å²) in [4.78, 5) is 25.4. The maximum Gasteiger partial charge on any atom is 0.309 e. The summed E-state index contributed by atoms with van der Waals surface area (Å²) in [5.41, 5.74) is 0. The van der Waals surface area contributed by atoms with Gasteiger partial charge in [0.15, 0.2) is 0 Å². The van der Waals surface area contributed by atoms with E-state index in [0.717, 1.165) is 64.2 Å². The van der Waals surface area contributed by atoms with Crippen molar-refractivity contribution in [3.8, 4) is 0 Å². The zero-order valence-corrected chi connectivity index (χ0v) is 18.8. The lowest BCUT2D eigenvalue weighted by molar-refractivity contribution is -0.164. The Labute approximate surface area is 173 Å². The van der Waals surface area contributed by atoms with E-state index in [1.54, 1.807) is 0 Å². The first kappa shape index (κ1) is 25.0. The third-order valence-corrected chi connectivity index (χ3v) is 6.38. The van der Waals surface area contributed by atoms with Gasteiger partial charge in [-0.2, -0.15) is 0 Å². The van der Waals surface area contributed by atoms with E-state index >= 15 is 0 Å². The van der Waals surface area contributed by atoms with Crippen LogP contribution in [0.3, 0.4) is 0 Å². The lowest BCUT2D eigenvalue weighted by Crippen LogP contribution is -2.36. The molecule has 28 heavy (non-hydrogen) atoms. The number of unbranched alkanes of at least 4 members (excludes halogenated alkanes) is 2. The van der Waals surface area contributed by atoms with Crippen LogP contribution in [-0.4, -0.2) is 25.2 Å². The van der Waals surface area contributed by atoms with Gasteiger partial charge in [-0.25, -0.2) is 0 Å². The van der Waals surface area contributed by atoms with Gasteiger partial charge in [0.05, 0.1) is 25.0 Å². The largest absolute Gasteiger partial charge is 0.465 e. The Morgan fingerprint density at radius 1 is 0.750 bits per heavy atom. The quantitative estimate of drug-likeness (QED) is 0.323. The van der Waals surface area contributed by atoms with E-state index in [9.17, 15) is 9.59 Å². The Hall–Kier alpha value is -1.06. The molecule has 0 bridgehead atoms. The fraction of sp³-hybridized carbons (Fsp3) is 0.917. The second kappa shape index (κ2) is 14.9. The van der Waals surface area contributed by atoms with Gasteiger partial charge in [-0.1, -0.05) is 79.1 Å². The van der Waals surface area contributed by atoms with E-state index < -0.39 is 0 Å². The van der Waals surface area contributed by atoms with Gasteiger partial charge in [0, 0.05) is 0 Å². The molecule has 0 unspecified atom stereocenters. The van der Waals surface area contributed by atoms with Gasteiger partial charge < -0.3 is 9.47 Å². The molecule has 1 rings (SSSR count). The fourth-order valence-corrected chi connectivity index (χ4v) is 4.11. The highest BCUT2D eigenvalue weighted by atomic mass is 16.5. The van der Waals surface area contributed by atoms with Crippen molar-refractivity contribution in [2.75, 3.05) is 13.2 Å². The minimum absolute atomic E-state index is 0.186. The normalized spacial score (nSPS) is 21.7. The molecule has 1 saturated carbocycles. The van der Waals surface area contributed by atoms with Gasteiger partial charge in [-0.3, -0.25) is 9.59 Å². The average molecular weight is 397 g/mol. The minimum Gasteiger partial charge on any atom is -0.465 e. The molecule has 0 aromatic carbocycles. The lowest BCUT2D eigenvalue weighted by Gasteiger charge is -2.29. The maximum absolute atomic E-state index is 12.7. The summed E-state index contributed by atoms with van der Waals surface area (Å²) >= 11 is 0. The molecular formula is C24H44O4. The van der Waals surface area contributed by atoms with Gasteiger partial charge in [0.2, 0.25) is 0 Å². The molecule has 0 aliphatic heterocycles. The van der Waals surface area contributed by atoms with Crippen LogP contribution in [0.1, 0.15) is 105 Å². The SMILES string of the molecule is CCCC[C@@H](CC)COC(=O)[C@H]1CCCC[C@@H]1C(=O)OC[C@H](CC)CCCC. The molecule has 1 aliphatic carbocycles. The molecular weight excluding hydrogens is 352 g/mol. The van der Waals surface area contributed by atoms with Crippen LogP contribution in [0.5, 0.6) is 0 Å². The van der Waals surface area contributed by atoms with Crippen LogP contribution in [0, 0.1) is 23.7 Å². The molecule has 1 aliphatic rings. The number of esters is 2. The Balaban J connectivity index is 2.54. The van der Waals surface area contributed by atoms with Gasteiger partial charge in [-0.05, 0) is 37.5 Å². The standard InChI is InChI=1S/C24H44O4/c1-5-9-13-19(7-3)17-27-23(25)21-15-11-12-16-22(21)24(26)28-18-20(8-4)14-10-6-2/h19-22H,5-18H2,1-4H3/t19-,20-,21+,22+/m1/s1. The molecule has 4 heteroatoms. The van der Waals surface area contributed by atoms with Crippen molar-refractivity contribution in [3.05, 3.63) is 0 Å². The predicted octanol–water partition coefficient (Wildman–Crippen LogP) is 6.31. The summed E-state index contributed by atoms with van der Waals surface area (Å²) in [7, 11) is 0. The highest BCUT2D eigenvalue weighted by molar-refractivity contribution is 5.82. The monoisotopic (exact) mass is 396 g/mol. The smallest absolute Gasteiger partial charge is 0.309 e. The summed E-state index contributed by atoms with van der Waals surface area (Å²) in [5.74, 6) is -0.144. The van der Waals surface area contributed by atoms with Crippen molar-refractivity contribution in [3.63, 3.8) is 0 Å². The Bertz CT molecular complexity index is 394. The highest BCUT2D eigenvalue weighted by Crippen LogP contribution is 2.32. The summed E-state index contributed by atoms with van der Waals surface area (Å²) in [6.07, 6.45) is 12.4. The predicted molar refractivity (Wildman–Crippen MR) is 114 cm³/mol. The molecule has 0 aromatic heterocycles. The van der Waals surface area contributed by atoms with Gasteiger partial charge >= 0.3 is 11.9 Å². The number of carbonyl (C=O) groups is 2. The van der Waals surface area contributed by atoms with Crippen molar-refractivity contribution in [2.24, 2.45) is 23.7 Å². The molecule has 0 heterocycles. The van der Waals surface area contributed by atoms with Gasteiger partial charge in [-0.15, -0.1) is 0 Å². The van der Waals surface area contributed by atoms with Crippen LogP contribution < -0.4 is 0 Å². The summed E-state index contributed by atoms with van der Waals surface area (Å²) < 4.78 is 11.3. The highest BCUT2D eigenvalue weighted by Gasteiger charge is 2.38. The van der Waals surface area contributed by atoms with Gasteiger partial charge in [0.1, 0.15) is 0 Å². The minimum atomic E-state index is -0.319. The Kier molecular flexibility index (Phi) is 13.3. The Morgan fingerprint density at radius 2 is 1.14 bits per heavy atom. The van der Waals surface area contributed by atoms with Crippen LogP contribution in [0.2, 0.25) is 0 Å². The average Bonchev–Trinajstić information content (AvgIpc) is 2.73. The van der Waals surface area contributed by atoms with Crippen molar-refractivity contribution < 1.29 is 19.1 Å². The first-order valence-electron chi connectivity index (χ1n) is 11.9. The molecule has 164 valence electrons.